The minimum Gasteiger partial charge on any atom is -0.394 e. The van der Waals surface area contributed by atoms with Crippen LogP contribution >= 0.6 is 0 Å². The summed E-state index contributed by atoms with van der Waals surface area (Å²) in [7, 11) is 1.64. The van der Waals surface area contributed by atoms with E-state index >= 15 is 0 Å². The first kappa shape index (κ1) is 13.4. The third kappa shape index (κ3) is 4.08. The van der Waals surface area contributed by atoms with Gasteiger partial charge in [-0.25, -0.2) is 0 Å². The minimum absolute atomic E-state index is 0.0295. The molecule has 1 heterocycles. The van der Waals surface area contributed by atoms with E-state index in [4.69, 9.17) is 14.6 Å². The summed E-state index contributed by atoms with van der Waals surface area (Å²) in [5.41, 5.74) is 0. The highest BCUT2D eigenvalue weighted by Crippen LogP contribution is 2.09. The number of morpholine rings is 1. The highest BCUT2D eigenvalue weighted by atomic mass is 16.5. The lowest BCUT2D eigenvalue weighted by Gasteiger charge is -2.32. The first-order valence-corrected chi connectivity index (χ1v) is 5.70. The Kier molecular flexibility index (Phi) is 5.73. The van der Waals surface area contributed by atoms with Gasteiger partial charge in [-0.15, -0.1) is 0 Å². The van der Waals surface area contributed by atoms with Crippen molar-refractivity contribution in [1.82, 2.24) is 4.90 Å². The van der Waals surface area contributed by atoms with Crippen molar-refractivity contribution in [3.63, 3.8) is 0 Å². The third-order valence-electron chi connectivity index (χ3n) is 2.86. The fraction of sp³-hybridized carbons (Fsp3) is 0.909. The number of ether oxygens (including phenoxy) is 2. The number of carbonyl (C=O) groups excluding carboxylic acids is 1. The van der Waals surface area contributed by atoms with Crippen molar-refractivity contribution in [2.45, 2.75) is 32.0 Å². The quantitative estimate of drug-likeness (QED) is 0.724. The van der Waals surface area contributed by atoms with Crippen LogP contribution in [0.3, 0.4) is 0 Å². The van der Waals surface area contributed by atoms with Gasteiger partial charge in [-0.2, -0.15) is 0 Å². The zero-order valence-corrected chi connectivity index (χ0v) is 10.0. The Morgan fingerprint density at radius 3 is 3.06 bits per heavy atom. The molecular weight excluding hydrogens is 210 g/mol. The lowest BCUT2D eigenvalue weighted by Crippen LogP contribution is -2.47. The van der Waals surface area contributed by atoms with Crippen molar-refractivity contribution < 1.29 is 19.4 Å². The molecule has 94 valence electrons. The number of carbonyl (C=O) groups is 1. The monoisotopic (exact) mass is 231 g/mol. The normalized spacial score (nSPS) is 23.2. The van der Waals surface area contributed by atoms with Crippen molar-refractivity contribution in [3.05, 3.63) is 0 Å². The van der Waals surface area contributed by atoms with Crippen LogP contribution in [0.5, 0.6) is 0 Å². The smallest absolute Gasteiger partial charge is 0.222 e. The summed E-state index contributed by atoms with van der Waals surface area (Å²) >= 11 is 0. The van der Waals surface area contributed by atoms with E-state index in [1.54, 1.807) is 12.0 Å². The molecule has 0 aliphatic carbocycles. The average molecular weight is 231 g/mol. The number of hydrogen-bond acceptors (Lipinski definition) is 4. The topological polar surface area (TPSA) is 59.0 Å². The largest absolute Gasteiger partial charge is 0.394 e. The predicted molar refractivity (Wildman–Crippen MR) is 59.1 cm³/mol. The van der Waals surface area contributed by atoms with Gasteiger partial charge in [0.2, 0.25) is 5.91 Å². The van der Waals surface area contributed by atoms with E-state index < -0.39 is 0 Å². The SMILES string of the molecule is COC(C)CCC(=O)N1CCOC(CO)C1. The van der Waals surface area contributed by atoms with Crippen LogP contribution in [0.15, 0.2) is 0 Å². The maximum atomic E-state index is 11.8. The molecule has 1 fully saturated rings. The van der Waals surface area contributed by atoms with Crippen LogP contribution in [-0.4, -0.2) is 61.5 Å². The standard InChI is InChI=1S/C11H21NO4/c1-9(15-2)3-4-11(14)12-5-6-16-10(7-12)8-13/h9-10,13H,3-8H2,1-2H3. The van der Waals surface area contributed by atoms with E-state index in [1.165, 1.54) is 0 Å². The Morgan fingerprint density at radius 2 is 2.44 bits per heavy atom. The lowest BCUT2D eigenvalue weighted by atomic mass is 10.2. The fourth-order valence-corrected chi connectivity index (χ4v) is 1.66. The van der Waals surface area contributed by atoms with Crippen molar-refractivity contribution in [3.8, 4) is 0 Å². The van der Waals surface area contributed by atoms with Gasteiger partial charge in [-0.1, -0.05) is 0 Å². The number of aliphatic hydroxyl groups excluding tert-OH is 1. The molecule has 1 amide bonds. The van der Waals surface area contributed by atoms with Gasteiger partial charge in [0, 0.05) is 26.6 Å². The molecule has 2 unspecified atom stereocenters. The second-order valence-electron chi connectivity index (χ2n) is 4.10. The van der Waals surface area contributed by atoms with Crippen LogP contribution in [-0.2, 0) is 14.3 Å². The van der Waals surface area contributed by atoms with E-state index in [1.807, 2.05) is 6.92 Å². The summed E-state index contributed by atoms with van der Waals surface area (Å²) in [5.74, 6) is 0.116. The molecule has 16 heavy (non-hydrogen) atoms. The molecule has 5 nitrogen and oxygen atoms in total. The molecule has 0 bridgehead atoms. The van der Waals surface area contributed by atoms with Crippen LogP contribution in [0.2, 0.25) is 0 Å². The second-order valence-corrected chi connectivity index (χ2v) is 4.10. The number of nitrogens with zero attached hydrogens (tertiary/aromatic N) is 1. The minimum atomic E-state index is -0.224. The second kappa shape index (κ2) is 6.83. The Hall–Kier alpha value is -0.650. The summed E-state index contributed by atoms with van der Waals surface area (Å²) in [6.07, 6.45) is 1.11. The van der Waals surface area contributed by atoms with Crippen LogP contribution in [0.4, 0.5) is 0 Å². The Bertz CT molecular complexity index is 222. The van der Waals surface area contributed by atoms with E-state index in [2.05, 4.69) is 0 Å². The number of rotatable bonds is 5. The maximum Gasteiger partial charge on any atom is 0.222 e. The van der Waals surface area contributed by atoms with Crippen molar-refractivity contribution in [1.29, 1.82) is 0 Å². The number of aliphatic hydroxyl groups is 1. The van der Waals surface area contributed by atoms with E-state index in [0.717, 1.165) is 6.42 Å². The first-order chi connectivity index (χ1) is 7.67. The molecule has 2 atom stereocenters. The summed E-state index contributed by atoms with van der Waals surface area (Å²) in [4.78, 5) is 13.6. The first-order valence-electron chi connectivity index (χ1n) is 5.70. The average Bonchev–Trinajstić information content (AvgIpc) is 2.35. The van der Waals surface area contributed by atoms with Gasteiger partial charge in [0.1, 0.15) is 0 Å². The molecule has 0 aromatic carbocycles. The van der Waals surface area contributed by atoms with E-state index in [0.29, 0.717) is 26.1 Å². The zero-order valence-electron chi connectivity index (χ0n) is 10.0. The van der Waals surface area contributed by atoms with Crippen LogP contribution < -0.4 is 0 Å². The highest BCUT2D eigenvalue weighted by molar-refractivity contribution is 5.76. The predicted octanol–water partition coefficient (Wildman–Crippen LogP) is 0.0212. The molecule has 0 aromatic heterocycles. The van der Waals surface area contributed by atoms with Gasteiger partial charge in [-0.05, 0) is 13.3 Å². The van der Waals surface area contributed by atoms with Gasteiger partial charge < -0.3 is 19.5 Å². The van der Waals surface area contributed by atoms with Crippen LogP contribution in [0, 0.1) is 0 Å². The Labute approximate surface area is 96.3 Å². The third-order valence-corrected chi connectivity index (χ3v) is 2.86. The molecule has 1 rings (SSSR count). The van der Waals surface area contributed by atoms with Crippen molar-refractivity contribution in [2.24, 2.45) is 0 Å². The van der Waals surface area contributed by atoms with Crippen molar-refractivity contribution >= 4 is 5.91 Å². The fourth-order valence-electron chi connectivity index (χ4n) is 1.66. The molecule has 1 saturated heterocycles. The summed E-state index contributed by atoms with van der Waals surface area (Å²) in [6.45, 7) is 3.55. The molecular formula is C11H21NO4. The van der Waals surface area contributed by atoms with Gasteiger partial charge in [-0.3, -0.25) is 4.79 Å². The number of amides is 1. The van der Waals surface area contributed by atoms with Crippen LogP contribution in [0.1, 0.15) is 19.8 Å². The number of hydrogen-bond donors (Lipinski definition) is 1. The molecule has 1 aliphatic rings. The van der Waals surface area contributed by atoms with E-state index in [-0.39, 0.29) is 24.7 Å². The molecule has 1 aliphatic heterocycles. The summed E-state index contributed by atoms with van der Waals surface area (Å²) < 4.78 is 10.4. The lowest BCUT2D eigenvalue weighted by molar-refractivity contribution is -0.140. The Balaban J connectivity index is 2.30. The molecule has 0 aromatic rings. The van der Waals surface area contributed by atoms with E-state index in [9.17, 15) is 4.79 Å². The van der Waals surface area contributed by atoms with Gasteiger partial charge in [0.05, 0.1) is 25.4 Å². The molecule has 1 N–H and O–H groups in total. The highest BCUT2D eigenvalue weighted by Gasteiger charge is 2.23. The van der Waals surface area contributed by atoms with Crippen LogP contribution in [0.25, 0.3) is 0 Å². The molecule has 0 spiro atoms. The van der Waals surface area contributed by atoms with Gasteiger partial charge in [0.15, 0.2) is 0 Å². The molecule has 5 heteroatoms. The summed E-state index contributed by atoms with van der Waals surface area (Å²) in [5, 5.41) is 8.96. The van der Waals surface area contributed by atoms with Crippen molar-refractivity contribution in [2.75, 3.05) is 33.4 Å². The maximum absolute atomic E-state index is 11.8. The number of methoxy groups -OCH3 is 1. The molecule has 0 radical (unpaired) electrons. The summed E-state index contributed by atoms with van der Waals surface area (Å²) in [6, 6.07) is 0. The Morgan fingerprint density at radius 1 is 1.69 bits per heavy atom. The van der Waals surface area contributed by atoms with Gasteiger partial charge in [0.25, 0.3) is 0 Å². The zero-order chi connectivity index (χ0) is 12.0. The molecule has 0 saturated carbocycles. The van der Waals surface area contributed by atoms with Gasteiger partial charge >= 0.3 is 0 Å².